The molecule has 4 heteroatoms. The number of nitrogens with zero attached hydrogens (tertiary/aromatic N) is 2. The average Bonchev–Trinajstić information content (AvgIpc) is 2.49. The molecule has 1 N–H and O–H groups in total. The van der Waals surface area contributed by atoms with Crippen LogP contribution in [0.2, 0.25) is 0 Å². The van der Waals surface area contributed by atoms with E-state index < -0.39 is 0 Å². The van der Waals surface area contributed by atoms with E-state index >= 15 is 0 Å². The Morgan fingerprint density at radius 3 is 3.15 bits per heavy atom. The van der Waals surface area contributed by atoms with Crippen molar-refractivity contribution in [1.82, 2.24) is 10.3 Å². The molecule has 1 atom stereocenters. The van der Waals surface area contributed by atoms with Gasteiger partial charge in [-0.25, -0.2) is 4.98 Å². The number of hydrogen-bond donors (Lipinski definition) is 1. The minimum Gasteiger partial charge on any atom is -0.384 e. The van der Waals surface area contributed by atoms with Gasteiger partial charge in [0.2, 0.25) is 0 Å². The number of hydrogen-bond acceptors (Lipinski definition) is 4. The van der Waals surface area contributed by atoms with Crippen molar-refractivity contribution in [2.45, 2.75) is 32.7 Å². The van der Waals surface area contributed by atoms with E-state index in [2.05, 4.69) is 35.3 Å². The molecule has 112 valence electrons. The largest absolute Gasteiger partial charge is 0.384 e. The Morgan fingerprint density at radius 1 is 1.45 bits per heavy atom. The summed E-state index contributed by atoms with van der Waals surface area (Å²) < 4.78 is 5.30. The molecule has 1 aromatic rings. The molecule has 1 saturated heterocycles. The summed E-state index contributed by atoms with van der Waals surface area (Å²) in [6.45, 7) is 7.11. The molecular formula is C16H27N3O. The smallest absolute Gasteiger partial charge is 0.128 e. The lowest BCUT2D eigenvalue weighted by atomic mass is 9.99. The Hall–Kier alpha value is -1.13. The van der Waals surface area contributed by atoms with Crippen LogP contribution in [0.3, 0.4) is 0 Å². The van der Waals surface area contributed by atoms with E-state index in [0.29, 0.717) is 5.92 Å². The van der Waals surface area contributed by atoms with Gasteiger partial charge in [0.1, 0.15) is 5.82 Å². The molecule has 0 amide bonds. The van der Waals surface area contributed by atoms with Gasteiger partial charge in [-0.1, -0.05) is 13.0 Å². The van der Waals surface area contributed by atoms with Gasteiger partial charge >= 0.3 is 0 Å². The predicted octanol–water partition coefficient (Wildman–Crippen LogP) is 2.44. The van der Waals surface area contributed by atoms with Crippen LogP contribution in [0.25, 0.3) is 0 Å². The predicted molar refractivity (Wildman–Crippen MR) is 83.0 cm³/mol. The van der Waals surface area contributed by atoms with E-state index in [1.165, 1.54) is 12.8 Å². The minimum absolute atomic E-state index is 0.637. The molecule has 1 fully saturated rings. The van der Waals surface area contributed by atoms with Gasteiger partial charge in [-0.15, -0.1) is 0 Å². The number of aromatic nitrogens is 1. The summed E-state index contributed by atoms with van der Waals surface area (Å²) in [7, 11) is 1.79. The maximum atomic E-state index is 5.30. The first-order valence-corrected chi connectivity index (χ1v) is 7.74. The van der Waals surface area contributed by atoms with E-state index in [-0.39, 0.29) is 0 Å². The molecule has 0 bridgehead atoms. The molecule has 4 nitrogen and oxygen atoms in total. The Kier molecular flexibility index (Phi) is 6.27. The highest BCUT2D eigenvalue weighted by Crippen LogP contribution is 2.22. The van der Waals surface area contributed by atoms with Gasteiger partial charge in [0.15, 0.2) is 0 Å². The van der Waals surface area contributed by atoms with Gasteiger partial charge in [-0.3, -0.25) is 0 Å². The summed E-state index contributed by atoms with van der Waals surface area (Å²) in [5.74, 6) is 1.75. The first-order valence-electron chi connectivity index (χ1n) is 7.74. The number of piperidine rings is 1. The number of methoxy groups -OCH3 is 1. The highest BCUT2D eigenvalue weighted by molar-refractivity contribution is 5.39. The molecule has 1 aliphatic rings. The second-order valence-electron chi connectivity index (χ2n) is 5.57. The lowest BCUT2D eigenvalue weighted by Crippen LogP contribution is -2.37. The minimum atomic E-state index is 0.637. The zero-order chi connectivity index (χ0) is 14.2. The van der Waals surface area contributed by atoms with Gasteiger partial charge in [-0.05, 0) is 43.9 Å². The monoisotopic (exact) mass is 277 g/mol. The molecule has 1 aliphatic heterocycles. The van der Waals surface area contributed by atoms with Crippen molar-refractivity contribution in [1.29, 1.82) is 0 Å². The van der Waals surface area contributed by atoms with Crippen molar-refractivity contribution in [2.24, 2.45) is 5.92 Å². The van der Waals surface area contributed by atoms with Crippen LogP contribution in [0.5, 0.6) is 0 Å². The summed E-state index contributed by atoms with van der Waals surface area (Å²) in [6, 6.07) is 6.34. The second kappa shape index (κ2) is 8.22. The highest BCUT2D eigenvalue weighted by Gasteiger charge is 2.20. The Morgan fingerprint density at radius 2 is 2.35 bits per heavy atom. The molecule has 1 aromatic heterocycles. The zero-order valence-electron chi connectivity index (χ0n) is 12.8. The second-order valence-corrected chi connectivity index (χ2v) is 5.57. The van der Waals surface area contributed by atoms with E-state index in [4.69, 9.17) is 9.72 Å². The fraction of sp³-hybridized carbons (Fsp3) is 0.688. The van der Waals surface area contributed by atoms with Crippen LogP contribution in [0.1, 0.15) is 31.9 Å². The van der Waals surface area contributed by atoms with Crippen molar-refractivity contribution in [2.75, 3.05) is 38.3 Å². The molecule has 0 spiro atoms. The average molecular weight is 277 g/mol. The van der Waals surface area contributed by atoms with Crippen molar-refractivity contribution in [3.8, 4) is 0 Å². The van der Waals surface area contributed by atoms with Crippen molar-refractivity contribution < 1.29 is 4.74 Å². The maximum Gasteiger partial charge on any atom is 0.128 e. The van der Waals surface area contributed by atoms with Gasteiger partial charge in [0.05, 0.1) is 12.3 Å². The van der Waals surface area contributed by atoms with Crippen LogP contribution in [0, 0.1) is 5.92 Å². The van der Waals surface area contributed by atoms with Crippen LogP contribution in [0.15, 0.2) is 18.2 Å². The summed E-state index contributed by atoms with van der Waals surface area (Å²) in [5, 5.41) is 3.41. The van der Waals surface area contributed by atoms with Gasteiger partial charge in [0.25, 0.3) is 0 Å². The summed E-state index contributed by atoms with van der Waals surface area (Å²) in [6.07, 6.45) is 3.65. The summed E-state index contributed by atoms with van der Waals surface area (Å²) >= 11 is 0. The molecule has 20 heavy (non-hydrogen) atoms. The van der Waals surface area contributed by atoms with Crippen LogP contribution < -0.4 is 10.2 Å². The highest BCUT2D eigenvalue weighted by atomic mass is 16.5. The van der Waals surface area contributed by atoms with Crippen molar-refractivity contribution in [3.63, 3.8) is 0 Å². The molecule has 2 heterocycles. The maximum absolute atomic E-state index is 5.30. The first kappa shape index (κ1) is 15.3. The fourth-order valence-corrected chi connectivity index (χ4v) is 2.78. The number of pyridine rings is 1. The first-order chi connectivity index (χ1) is 9.83. The Balaban J connectivity index is 1.95. The fourth-order valence-electron chi connectivity index (χ4n) is 2.78. The Bertz CT molecular complexity index is 395. The summed E-state index contributed by atoms with van der Waals surface area (Å²) in [4.78, 5) is 7.18. The van der Waals surface area contributed by atoms with E-state index in [1.807, 2.05) is 0 Å². The molecule has 2 rings (SSSR count). The van der Waals surface area contributed by atoms with E-state index in [9.17, 15) is 0 Å². The van der Waals surface area contributed by atoms with Gasteiger partial charge < -0.3 is 15.0 Å². The molecule has 0 radical (unpaired) electrons. The van der Waals surface area contributed by atoms with E-state index in [1.54, 1.807) is 7.11 Å². The standard InChI is InChI=1S/C16H27N3O/c1-3-9-17-11-15-7-4-8-16(18-15)19-10-5-6-14(12-19)13-20-2/h4,7-8,14,17H,3,5-6,9-13H2,1-2H3. The van der Waals surface area contributed by atoms with E-state index in [0.717, 1.165) is 50.7 Å². The molecular weight excluding hydrogens is 250 g/mol. The SMILES string of the molecule is CCCNCc1cccc(N2CCCC(COC)C2)n1. The summed E-state index contributed by atoms with van der Waals surface area (Å²) in [5.41, 5.74) is 1.13. The molecule has 1 unspecified atom stereocenters. The van der Waals surface area contributed by atoms with Crippen LogP contribution >= 0.6 is 0 Å². The molecule has 0 aromatic carbocycles. The van der Waals surface area contributed by atoms with Crippen molar-refractivity contribution >= 4 is 5.82 Å². The number of ether oxygens (including phenoxy) is 1. The third-order valence-electron chi connectivity index (χ3n) is 3.77. The zero-order valence-corrected chi connectivity index (χ0v) is 12.8. The third kappa shape index (κ3) is 4.46. The molecule has 0 saturated carbocycles. The third-order valence-corrected chi connectivity index (χ3v) is 3.77. The van der Waals surface area contributed by atoms with Gasteiger partial charge in [0, 0.05) is 26.7 Å². The normalized spacial score (nSPS) is 19.3. The topological polar surface area (TPSA) is 37.4 Å². The lowest BCUT2D eigenvalue weighted by molar-refractivity contribution is 0.143. The number of nitrogens with one attached hydrogen (secondary N) is 1. The number of anilines is 1. The molecule has 0 aliphatic carbocycles. The van der Waals surface area contributed by atoms with Crippen LogP contribution in [-0.4, -0.2) is 38.3 Å². The Labute approximate surface area is 122 Å². The quantitative estimate of drug-likeness (QED) is 0.777. The van der Waals surface area contributed by atoms with Crippen LogP contribution in [0.4, 0.5) is 5.82 Å². The van der Waals surface area contributed by atoms with Gasteiger partial charge in [-0.2, -0.15) is 0 Å². The van der Waals surface area contributed by atoms with Crippen molar-refractivity contribution in [3.05, 3.63) is 23.9 Å². The number of rotatable bonds is 7. The van der Waals surface area contributed by atoms with Crippen LogP contribution in [-0.2, 0) is 11.3 Å². The lowest BCUT2D eigenvalue weighted by Gasteiger charge is -2.33.